The molecular formula is C15H24N4O3S. The number of sulfonamides is 1. The number of aromatic nitrogens is 1. The number of rotatable bonds is 5. The van der Waals surface area contributed by atoms with Crippen molar-refractivity contribution in [3.63, 3.8) is 0 Å². The third kappa shape index (κ3) is 4.90. The molecule has 128 valence electrons. The number of piperidine rings is 1. The van der Waals surface area contributed by atoms with Gasteiger partial charge >= 0.3 is 6.03 Å². The molecule has 0 spiro atoms. The summed E-state index contributed by atoms with van der Waals surface area (Å²) in [5.74, 6) is 0.299. The Hall–Kier alpha value is -1.67. The van der Waals surface area contributed by atoms with Gasteiger partial charge in [0.15, 0.2) is 0 Å². The van der Waals surface area contributed by atoms with Crippen LogP contribution in [0, 0.1) is 5.92 Å². The highest BCUT2D eigenvalue weighted by atomic mass is 32.2. The van der Waals surface area contributed by atoms with Gasteiger partial charge in [-0.05, 0) is 44.7 Å². The van der Waals surface area contributed by atoms with Gasteiger partial charge in [-0.1, -0.05) is 0 Å². The van der Waals surface area contributed by atoms with E-state index in [1.165, 1.54) is 10.5 Å². The number of urea groups is 1. The first kappa shape index (κ1) is 17.7. The second-order valence-corrected chi connectivity index (χ2v) is 7.98. The van der Waals surface area contributed by atoms with Gasteiger partial charge in [0.25, 0.3) is 0 Å². The van der Waals surface area contributed by atoms with Crippen molar-refractivity contribution in [3.05, 3.63) is 24.5 Å². The minimum absolute atomic E-state index is 0.0986. The van der Waals surface area contributed by atoms with Gasteiger partial charge in [0.2, 0.25) is 10.0 Å². The van der Waals surface area contributed by atoms with Gasteiger partial charge < -0.3 is 10.6 Å². The number of carbonyl (C=O) groups excluding carboxylic acids is 1. The second-order valence-electron chi connectivity index (χ2n) is 6.05. The van der Waals surface area contributed by atoms with Crippen LogP contribution in [0.15, 0.2) is 29.4 Å². The lowest BCUT2D eigenvalue weighted by molar-refractivity contribution is 0.229. The van der Waals surface area contributed by atoms with Crippen molar-refractivity contribution in [2.45, 2.75) is 37.6 Å². The Balaban J connectivity index is 1.83. The van der Waals surface area contributed by atoms with Crippen molar-refractivity contribution in [1.82, 2.24) is 19.9 Å². The number of hydrogen-bond acceptors (Lipinski definition) is 4. The van der Waals surface area contributed by atoms with Gasteiger partial charge in [0.1, 0.15) is 4.90 Å². The maximum atomic E-state index is 12.5. The van der Waals surface area contributed by atoms with Gasteiger partial charge in [-0.15, -0.1) is 0 Å². The summed E-state index contributed by atoms with van der Waals surface area (Å²) in [7, 11) is -3.46. The maximum Gasteiger partial charge on any atom is 0.314 e. The quantitative estimate of drug-likeness (QED) is 0.842. The molecule has 2 heterocycles. The highest BCUT2D eigenvalue weighted by molar-refractivity contribution is 7.89. The molecule has 0 atom stereocenters. The standard InChI is InChI=1S/C15H24N4O3S/c1-12(2)18-15(20)17-10-13-5-8-19(9-6-13)23(21,22)14-4-3-7-16-11-14/h3-4,7,11-13H,5-6,8-10H2,1-2H3,(H2,17,18,20). The molecule has 1 fully saturated rings. The lowest BCUT2D eigenvalue weighted by atomic mass is 9.98. The summed E-state index contributed by atoms with van der Waals surface area (Å²) < 4.78 is 26.5. The van der Waals surface area contributed by atoms with Crippen LogP contribution in [-0.4, -0.2) is 49.4 Å². The first-order valence-corrected chi connectivity index (χ1v) is 9.28. The Morgan fingerprint density at radius 3 is 2.65 bits per heavy atom. The molecule has 0 unspecified atom stereocenters. The van der Waals surface area contributed by atoms with Crippen LogP contribution in [0.5, 0.6) is 0 Å². The molecular weight excluding hydrogens is 316 g/mol. The van der Waals surface area contributed by atoms with Gasteiger partial charge in [0, 0.05) is 38.1 Å². The molecule has 23 heavy (non-hydrogen) atoms. The molecule has 8 heteroatoms. The summed E-state index contributed by atoms with van der Waals surface area (Å²) in [6, 6.07) is 3.11. The first-order valence-electron chi connectivity index (χ1n) is 7.84. The topological polar surface area (TPSA) is 91.4 Å². The zero-order chi connectivity index (χ0) is 16.9. The normalized spacial score (nSPS) is 17.2. The Morgan fingerprint density at radius 1 is 1.39 bits per heavy atom. The zero-order valence-electron chi connectivity index (χ0n) is 13.5. The minimum atomic E-state index is -3.46. The largest absolute Gasteiger partial charge is 0.338 e. The SMILES string of the molecule is CC(C)NC(=O)NCC1CCN(S(=O)(=O)c2cccnc2)CC1. The fraction of sp³-hybridized carbons (Fsp3) is 0.600. The molecule has 2 amide bonds. The molecule has 1 aromatic rings. The summed E-state index contributed by atoms with van der Waals surface area (Å²) in [4.78, 5) is 15.7. The van der Waals surface area contributed by atoms with Crippen molar-refractivity contribution in [3.8, 4) is 0 Å². The lowest BCUT2D eigenvalue weighted by Gasteiger charge is -2.31. The summed E-state index contributed by atoms with van der Waals surface area (Å²) in [6.07, 6.45) is 4.40. The predicted molar refractivity (Wildman–Crippen MR) is 87.4 cm³/mol. The van der Waals surface area contributed by atoms with Crippen LogP contribution < -0.4 is 10.6 Å². The summed E-state index contributed by atoms with van der Waals surface area (Å²) in [5.41, 5.74) is 0. The number of hydrogen-bond donors (Lipinski definition) is 2. The number of nitrogens with zero attached hydrogens (tertiary/aromatic N) is 2. The van der Waals surface area contributed by atoms with Crippen LogP contribution in [0.1, 0.15) is 26.7 Å². The van der Waals surface area contributed by atoms with E-state index >= 15 is 0 Å². The maximum absolute atomic E-state index is 12.5. The summed E-state index contributed by atoms with van der Waals surface area (Å²) in [5, 5.41) is 5.61. The summed E-state index contributed by atoms with van der Waals surface area (Å²) >= 11 is 0. The van der Waals surface area contributed by atoms with Gasteiger partial charge in [-0.25, -0.2) is 13.2 Å². The van der Waals surface area contributed by atoms with Crippen molar-refractivity contribution in [2.75, 3.05) is 19.6 Å². The third-order valence-electron chi connectivity index (χ3n) is 3.82. The smallest absolute Gasteiger partial charge is 0.314 e. The molecule has 0 aliphatic carbocycles. The average molecular weight is 340 g/mol. The van der Waals surface area contributed by atoms with Crippen LogP contribution in [0.4, 0.5) is 4.79 Å². The molecule has 1 aliphatic rings. The highest BCUT2D eigenvalue weighted by Gasteiger charge is 2.29. The van der Waals surface area contributed by atoms with Crippen LogP contribution in [0.3, 0.4) is 0 Å². The minimum Gasteiger partial charge on any atom is -0.338 e. The van der Waals surface area contributed by atoms with E-state index in [1.54, 1.807) is 18.3 Å². The predicted octanol–water partition coefficient (Wildman–Crippen LogP) is 1.19. The Morgan fingerprint density at radius 2 is 2.09 bits per heavy atom. The van der Waals surface area contributed by atoms with E-state index in [2.05, 4.69) is 15.6 Å². The fourth-order valence-corrected chi connectivity index (χ4v) is 3.99. The highest BCUT2D eigenvalue weighted by Crippen LogP contribution is 2.22. The zero-order valence-corrected chi connectivity index (χ0v) is 14.3. The summed E-state index contributed by atoms with van der Waals surface area (Å²) in [6.45, 7) is 5.31. The Kier molecular flexibility index (Phi) is 5.95. The molecule has 7 nitrogen and oxygen atoms in total. The molecule has 0 aromatic carbocycles. The van der Waals surface area contributed by atoms with E-state index in [0.717, 1.165) is 12.8 Å². The molecule has 0 saturated carbocycles. The van der Waals surface area contributed by atoms with E-state index in [-0.39, 0.29) is 17.0 Å². The van der Waals surface area contributed by atoms with E-state index in [4.69, 9.17) is 0 Å². The van der Waals surface area contributed by atoms with Crippen molar-refractivity contribution < 1.29 is 13.2 Å². The van der Waals surface area contributed by atoms with Gasteiger partial charge in [-0.2, -0.15) is 4.31 Å². The van der Waals surface area contributed by atoms with Crippen LogP contribution in [0.25, 0.3) is 0 Å². The van der Waals surface area contributed by atoms with Crippen LogP contribution in [-0.2, 0) is 10.0 Å². The van der Waals surface area contributed by atoms with Crippen molar-refractivity contribution in [2.24, 2.45) is 5.92 Å². The van der Waals surface area contributed by atoms with Gasteiger partial charge in [0.05, 0.1) is 0 Å². The van der Waals surface area contributed by atoms with Crippen molar-refractivity contribution in [1.29, 1.82) is 0 Å². The van der Waals surface area contributed by atoms with Crippen LogP contribution >= 0.6 is 0 Å². The van der Waals surface area contributed by atoms with Crippen LogP contribution in [0.2, 0.25) is 0 Å². The molecule has 1 aliphatic heterocycles. The van der Waals surface area contributed by atoms with Gasteiger partial charge in [-0.3, -0.25) is 4.98 Å². The Labute approximate surface area is 137 Å². The number of carbonyl (C=O) groups is 1. The lowest BCUT2D eigenvalue weighted by Crippen LogP contribution is -2.44. The molecule has 1 aromatic heterocycles. The Bertz CT molecular complexity index is 611. The van der Waals surface area contributed by atoms with E-state index < -0.39 is 10.0 Å². The average Bonchev–Trinajstić information content (AvgIpc) is 2.53. The van der Waals surface area contributed by atoms with E-state index in [9.17, 15) is 13.2 Å². The molecule has 0 bridgehead atoms. The molecule has 2 rings (SSSR count). The first-order chi connectivity index (χ1) is 10.9. The van der Waals surface area contributed by atoms with E-state index in [0.29, 0.717) is 25.6 Å². The number of amides is 2. The molecule has 2 N–H and O–H groups in total. The number of nitrogens with one attached hydrogen (secondary N) is 2. The fourth-order valence-electron chi connectivity index (χ4n) is 2.55. The van der Waals surface area contributed by atoms with E-state index in [1.807, 2.05) is 13.8 Å². The monoisotopic (exact) mass is 340 g/mol. The number of pyridine rings is 1. The van der Waals surface area contributed by atoms with Crippen molar-refractivity contribution >= 4 is 16.1 Å². The molecule has 1 saturated heterocycles. The second kappa shape index (κ2) is 7.74. The third-order valence-corrected chi connectivity index (χ3v) is 5.70. The molecule has 0 radical (unpaired) electrons.